The Labute approximate surface area is 232 Å². The molecule has 4 aromatic rings. The van der Waals surface area contributed by atoms with Crippen molar-refractivity contribution in [2.24, 2.45) is 0 Å². The predicted octanol–water partition coefficient (Wildman–Crippen LogP) is 6.56. The van der Waals surface area contributed by atoms with Gasteiger partial charge in [-0.05, 0) is 42.0 Å². The van der Waals surface area contributed by atoms with Gasteiger partial charge in [0.1, 0.15) is 23.0 Å². The molecule has 4 rings (SSSR count). The molecule has 40 heavy (non-hydrogen) atoms. The van der Waals surface area contributed by atoms with Crippen LogP contribution in [0.2, 0.25) is 0 Å². The molecule has 0 aliphatic carbocycles. The van der Waals surface area contributed by atoms with Crippen LogP contribution < -0.4 is 14.8 Å². The Bertz CT molecular complexity index is 1510. The van der Waals surface area contributed by atoms with Crippen molar-refractivity contribution in [1.82, 2.24) is 0 Å². The summed E-state index contributed by atoms with van der Waals surface area (Å²) in [7, 11) is 3.10. The first-order valence-electron chi connectivity index (χ1n) is 12.5. The maximum atomic E-state index is 13.8. The third-order valence-corrected chi connectivity index (χ3v) is 6.25. The van der Waals surface area contributed by atoms with E-state index in [2.05, 4.69) is 5.32 Å². The number of rotatable bonds is 11. The summed E-state index contributed by atoms with van der Waals surface area (Å²) in [6, 6.07) is 29.9. The summed E-state index contributed by atoms with van der Waals surface area (Å²) in [4.78, 5) is 27.1. The normalized spacial score (nSPS) is 12.6. The summed E-state index contributed by atoms with van der Waals surface area (Å²) in [5.41, 5.74) is 1.75. The number of methoxy groups -OCH3 is 2. The van der Waals surface area contributed by atoms with E-state index in [1.807, 2.05) is 0 Å². The summed E-state index contributed by atoms with van der Waals surface area (Å²) in [5, 5.41) is 25.3. The number of anilines is 1. The Morgan fingerprint density at radius 1 is 0.700 bits per heavy atom. The summed E-state index contributed by atoms with van der Waals surface area (Å²) < 4.78 is 10.5. The largest absolute Gasteiger partial charge is 0.507 e. The number of aliphatic hydroxyl groups excluding tert-OH is 2. The average molecular weight is 536 g/mol. The van der Waals surface area contributed by atoms with E-state index in [0.717, 1.165) is 6.08 Å². The highest BCUT2D eigenvalue weighted by molar-refractivity contribution is 6.49. The molecule has 3 N–H and O–H groups in total. The van der Waals surface area contributed by atoms with Crippen molar-refractivity contribution < 1.29 is 29.3 Å². The molecule has 1 atom stereocenters. The molecule has 202 valence electrons. The van der Waals surface area contributed by atoms with Gasteiger partial charge in [0.25, 0.3) is 0 Å². The molecule has 7 nitrogen and oxygen atoms in total. The molecule has 0 radical (unpaired) electrons. The fourth-order valence-corrected chi connectivity index (χ4v) is 4.11. The minimum absolute atomic E-state index is 0.186. The number of hydrogen-bond acceptors (Lipinski definition) is 7. The van der Waals surface area contributed by atoms with Gasteiger partial charge in [-0.3, -0.25) is 9.59 Å². The van der Waals surface area contributed by atoms with Gasteiger partial charge in [0.05, 0.1) is 25.8 Å². The van der Waals surface area contributed by atoms with Crippen LogP contribution >= 0.6 is 0 Å². The Balaban J connectivity index is 1.85. The Hall–Kier alpha value is -5.30. The minimum atomic E-state index is -0.992. The first-order chi connectivity index (χ1) is 19.4. The minimum Gasteiger partial charge on any atom is -0.507 e. The second-order valence-electron chi connectivity index (χ2n) is 8.80. The Morgan fingerprint density at radius 3 is 1.73 bits per heavy atom. The number of allylic oxidation sites excluding steroid dienone is 1. The number of hydrogen-bond donors (Lipinski definition) is 3. The van der Waals surface area contributed by atoms with Crippen LogP contribution in [-0.4, -0.2) is 36.0 Å². The molecule has 7 heteroatoms. The Kier molecular flexibility index (Phi) is 8.99. The van der Waals surface area contributed by atoms with Crippen LogP contribution in [0.4, 0.5) is 5.69 Å². The first-order valence-corrected chi connectivity index (χ1v) is 12.5. The monoisotopic (exact) mass is 535 g/mol. The van der Waals surface area contributed by atoms with Gasteiger partial charge in [-0.15, -0.1) is 0 Å². The third-order valence-electron chi connectivity index (χ3n) is 6.25. The van der Waals surface area contributed by atoms with Gasteiger partial charge in [0, 0.05) is 22.9 Å². The summed E-state index contributed by atoms with van der Waals surface area (Å²) >= 11 is 0. The standard InChI is InChI=1S/C33H29NO6/c1-39-26-17-13-23(14-18-26)31(34-25-15-19-27(40-2)20-16-25)30(32(37)24-11-7-4-8-12-24)33(38)29(36)21-28(35)22-9-5-3-6-10-22/h3-21,31,34-35,37H,1-2H3/b28-21-,32-30-. The van der Waals surface area contributed by atoms with E-state index in [1.54, 1.807) is 123 Å². The molecule has 0 bridgehead atoms. The maximum absolute atomic E-state index is 13.8. The number of carbonyl (C=O) groups excluding carboxylic acids is 2. The van der Waals surface area contributed by atoms with Crippen molar-refractivity contribution in [3.05, 3.63) is 138 Å². The smallest absolute Gasteiger partial charge is 0.235 e. The van der Waals surface area contributed by atoms with E-state index in [0.29, 0.717) is 33.9 Å². The van der Waals surface area contributed by atoms with Gasteiger partial charge in [-0.2, -0.15) is 0 Å². The topological polar surface area (TPSA) is 105 Å². The second kappa shape index (κ2) is 13.0. The van der Waals surface area contributed by atoms with Crippen molar-refractivity contribution in [2.75, 3.05) is 19.5 Å². The predicted molar refractivity (Wildman–Crippen MR) is 155 cm³/mol. The highest BCUT2D eigenvalue weighted by Gasteiger charge is 2.31. The highest BCUT2D eigenvalue weighted by atomic mass is 16.5. The van der Waals surface area contributed by atoms with E-state index in [-0.39, 0.29) is 17.1 Å². The van der Waals surface area contributed by atoms with Crippen LogP contribution in [-0.2, 0) is 9.59 Å². The van der Waals surface area contributed by atoms with Crippen molar-refractivity contribution in [2.45, 2.75) is 6.04 Å². The number of carbonyl (C=O) groups is 2. The summed E-state index contributed by atoms with van der Waals surface area (Å²) in [6.07, 6.45) is 0.869. The lowest BCUT2D eigenvalue weighted by Gasteiger charge is -2.24. The number of ether oxygens (including phenoxy) is 2. The van der Waals surface area contributed by atoms with E-state index in [1.165, 1.54) is 0 Å². The van der Waals surface area contributed by atoms with E-state index in [9.17, 15) is 19.8 Å². The molecule has 0 fully saturated rings. The lowest BCUT2D eigenvalue weighted by atomic mass is 9.90. The van der Waals surface area contributed by atoms with Crippen LogP contribution in [0.15, 0.2) is 121 Å². The number of benzene rings is 4. The van der Waals surface area contributed by atoms with Crippen LogP contribution in [0.3, 0.4) is 0 Å². The van der Waals surface area contributed by atoms with Crippen LogP contribution in [0.1, 0.15) is 22.7 Å². The van der Waals surface area contributed by atoms with E-state index >= 15 is 0 Å². The second-order valence-corrected chi connectivity index (χ2v) is 8.80. The zero-order valence-corrected chi connectivity index (χ0v) is 22.1. The van der Waals surface area contributed by atoms with Gasteiger partial charge in [0.2, 0.25) is 11.6 Å². The molecular formula is C33H29NO6. The van der Waals surface area contributed by atoms with E-state index in [4.69, 9.17) is 9.47 Å². The van der Waals surface area contributed by atoms with Gasteiger partial charge >= 0.3 is 0 Å². The molecule has 4 aromatic carbocycles. The fourth-order valence-electron chi connectivity index (χ4n) is 4.11. The molecule has 0 heterocycles. The van der Waals surface area contributed by atoms with Crippen LogP contribution in [0.5, 0.6) is 11.5 Å². The lowest BCUT2D eigenvalue weighted by molar-refractivity contribution is -0.131. The molecule has 0 aliphatic rings. The first kappa shape index (κ1) is 27.7. The molecule has 0 saturated heterocycles. The zero-order chi connectivity index (χ0) is 28.5. The quantitative estimate of drug-likeness (QED) is 0.113. The lowest BCUT2D eigenvalue weighted by Crippen LogP contribution is -2.25. The maximum Gasteiger partial charge on any atom is 0.235 e. The third kappa shape index (κ3) is 6.57. The van der Waals surface area contributed by atoms with Crippen molar-refractivity contribution in [3.63, 3.8) is 0 Å². The van der Waals surface area contributed by atoms with Gasteiger partial charge in [0.15, 0.2) is 0 Å². The summed E-state index contributed by atoms with van der Waals surface area (Å²) in [6.45, 7) is 0. The zero-order valence-electron chi connectivity index (χ0n) is 22.1. The average Bonchev–Trinajstić information content (AvgIpc) is 3.01. The molecule has 1 unspecified atom stereocenters. The molecule has 0 aliphatic heterocycles. The van der Waals surface area contributed by atoms with Gasteiger partial charge < -0.3 is 25.0 Å². The molecule has 0 spiro atoms. The number of Topliss-reactive ketones (excluding diaryl/α,β-unsaturated/α-hetero) is 1. The van der Waals surface area contributed by atoms with Crippen LogP contribution in [0.25, 0.3) is 11.5 Å². The fraction of sp³-hybridized carbons (Fsp3) is 0.0909. The molecule has 0 amide bonds. The van der Waals surface area contributed by atoms with Crippen molar-refractivity contribution in [1.29, 1.82) is 0 Å². The van der Waals surface area contributed by atoms with Gasteiger partial charge in [-0.1, -0.05) is 72.8 Å². The van der Waals surface area contributed by atoms with Crippen molar-refractivity contribution >= 4 is 28.8 Å². The van der Waals surface area contributed by atoms with E-state index < -0.39 is 17.6 Å². The molecular weight excluding hydrogens is 506 g/mol. The number of nitrogens with one attached hydrogen (secondary N) is 1. The number of ketones is 2. The highest BCUT2D eigenvalue weighted by Crippen LogP contribution is 2.34. The SMILES string of the molecule is COc1ccc(NC(/C(C(=O)C(=O)/C=C(\O)c2ccccc2)=C(/O)c2ccccc2)c2ccc(OC)cc2)cc1. The summed E-state index contributed by atoms with van der Waals surface area (Å²) in [5.74, 6) is -1.46. The Morgan fingerprint density at radius 2 is 1.20 bits per heavy atom. The van der Waals surface area contributed by atoms with Gasteiger partial charge in [-0.25, -0.2) is 0 Å². The molecule has 0 saturated carbocycles. The number of aliphatic hydroxyl groups is 2. The van der Waals surface area contributed by atoms with Crippen LogP contribution in [0, 0.1) is 0 Å². The van der Waals surface area contributed by atoms with Crippen molar-refractivity contribution in [3.8, 4) is 11.5 Å². The molecule has 0 aromatic heterocycles.